The number of amides is 2. The average Bonchev–Trinajstić information content (AvgIpc) is 3.19. The van der Waals surface area contributed by atoms with Gasteiger partial charge in [0.25, 0.3) is 0 Å². The molecule has 2 heterocycles. The Hall–Kier alpha value is -2.09. The van der Waals surface area contributed by atoms with Crippen molar-refractivity contribution < 1.29 is 22.4 Å². The molecule has 1 N–H and O–H groups in total. The molecule has 1 fully saturated rings. The van der Waals surface area contributed by atoms with Crippen LogP contribution in [0.15, 0.2) is 28.9 Å². The summed E-state index contributed by atoms with van der Waals surface area (Å²) >= 11 is 0. The fourth-order valence-electron chi connectivity index (χ4n) is 2.81. The van der Waals surface area contributed by atoms with Crippen LogP contribution in [0.5, 0.6) is 0 Å². The second-order valence-electron chi connectivity index (χ2n) is 6.03. The molecule has 0 radical (unpaired) electrons. The average molecular weight is 368 g/mol. The molecule has 1 unspecified atom stereocenters. The van der Waals surface area contributed by atoms with E-state index in [9.17, 15) is 18.0 Å². The smallest absolute Gasteiger partial charge is 0.244 e. The minimum atomic E-state index is -3.04. The molecule has 1 atom stereocenters. The van der Waals surface area contributed by atoms with Gasteiger partial charge in [0.1, 0.15) is 5.76 Å². The molecule has 0 spiro atoms. The van der Waals surface area contributed by atoms with Gasteiger partial charge in [-0.25, -0.2) is 8.42 Å². The number of nitrogens with zero attached hydrogens (tertiary/aromatic N) is 1. The summed E-state index contributed by atoms with van der Waals surface area (Å²) in [5.74, 6) is 0.313. The van der Waals surface area contributed by atoms with Crippen molar-refractivity contribution in [3.05, 3.63) is 30.2 Å². The lowest BCUT2D eigenvalue weighted by molar-refractivity contribution is -0.133. The summed E-state index contributed by atoms with van der Waals surface area (Å²) in [5, 5.41) is 2.65. The Morgan fingerprint density at radius 1 is 1.44 bits per heavy atom. The highest BCUT2D eigenvalue weighted by atomic mass is 32.2. The second-order valence-corrected chi connectivity index (χ2v) is 8.26. The predicted molar refractivity (Wildman–Crippen MR) is 94.4 cm³/mol. The summed E-state index contributed by atoms with van der Waals surface area (Å²) in [5.41, 5.74) is 0. The van der Waals surface area contributed by atoms with Gasteiger partial charge in [0, 0.05) is 31.6 Å². The summed E-state index contributed by atoms with van der Waals surface area (Å²) in [7, 11) is -3.04. The fraction of sp³-hybridized carbons (Fsp3) is 0.529. The van der Waals surface area contributed by atoms with Crippen LogP contribution >= 0.6 is 0 Å². The van der Waals surface area contributed by atoms with Crippen LogP contribution in [0.1, 0.15) is 31.9 Å². The molecule has 0 aliphatic carbocycles. The van der Waals surface area contributed by atoms with Gasteiger partial charge in [-0.3, -0.25) is 9.59 Å². The molecule has 7 nitrogen and oxygen atoms in total. The maximum Gasteiger partial charge on any atom is 0.244 e. The van der Waals surface area contributed by atoms with E-state index in [0.717, 1.165) is 6.42 Å². The summed E-state index contributed by atoms with van der Waals surface area (Å²) in [6.45, 7) is 2.69. The zero-order valence-electron chi connectivity index (χ0n) is 14.3. The lowest BCUT2D eigenvalue weighted by Gasteiger charge is -2.28. The van der Waals surface area contributed by atoms with Gasteiger partial charge in [-0.1, -0.05) is 6.92 Å². The molecule has 138 valence electrons. The third kappa shape index (κ3) is 6.04. The number of carbonyl (C=O) groups excluding carboxylic acids is 2. The molecule has 8 heteroatoms. The maximum atomic E-state index is 12.4. The Balaban J connectivity index is 1.79. The minimum Gasteiger partial charge on any atom is -0.465 e. The van der Waals surface area contributed by atoms with E-state index in [1.807, 2.05) is 6.92 Å². The molecule has 1 aliphatic rings. The van der Waals surface area contributed by atoms with Crippen molar-refractivity contribution in [2.45, 2.75) is 32.2 Å². The number of sulfone groups is 1. The second kappa shape index (κ2) is 8.84. The van der Waals surface area contributed by atoms with Crippen molar-refractivity contribution >= 4 is 27.7 Å². The number of hydrogen-bond acceptors (Lipinski definition) is 5. The summed E-state index contributed by atoms with van der Waals surface area (Å²) in [4.78, 5) is 25.8. The molecule has 1 aliphatic heterocycles. The number of hydrogen-bond donors (Lipinski definition) is 1. The van der Waals surface area contributed by atoms with Gasteiger partial charge in [0.15, 0.2) is 9.84 Å². The van der Waals surface area contributed by atoms with Gasteiger partial charge in [0.05, 0.1) is 17.8 Å². The Morgan fingerprint density at radius 3 is 2.84 bits per heavy atom. The van der Waals surface area contributed by atoms with E-state index in [4.69, 9.17) is 4.42 Å². The van der Waals surface area contributed by atoms with Crippen LogP contribution in [0.2, 0.25) is 0 Å². The summed E-state index contributed by atoms with van der Waals surface area (Å²) in [6.07, 6.45) is 5.81. The van der Waals surface area contributed by atoms with Gasteiger partial charge in [-0.05, 0) is 31.1 Å². The van der Waals surface area contributed by atoms with Crippen LogP contribution < -0.4 is 5.32 Å². The number of rotatable bonds is 8. The van der Waals surface area contributed by atoms with Gasteiger partial charge in [-0.2, -0.15) is 0 Å². The normalized spacial score (nSPS) is 19.2. The first-order valence-electron chi connectivity index (χ1n) is 8.40. The monoisotopic (exact) mass is 368 g/mol. The molecular formula is C17H24N2O5S. The van der Waals surface area contributed by atoms with Crippen molar-refractivity contribution in [1.82, 2.24) is 10.2 Å². The third-order valence-corrected chi connectivity index (χ3v) is 5.76. The number of furan rings is 1. The largest absolute Gasteiger partial charge is 0.465 e. The van der Waals surface area contributed by atoms with E-state index >= 15 is 0 Å². The number of carbonyl (C=O) groups is 2. The predicted octanol–water partition coefficient (Wildman–Crippen LogP) is 1.22. The Morgan fingerprint density at radius 2 is 2.24 bits per heavy atom. The number of nitrogens with one attached hydrogen (secondary N) is 1. The zero-order valence-corrected chi connectivity index (χ0v) is 15.1. The van der Waals surface area contributed by atoms with Crippen molar-refractivity contribution in [3.8, 4) is 0 Å². The molecule has 0 bridgehead atoms. The minimum absolute atomic E-state index is 0.0387. The standard InChI is InChI=1S/C17H24N2O5S/c1-2-10-19(14-8-12-25(22,23)13-14)17(21)7-9-18-16(20)6-5-15-4-3-11-24-15/h3-6,11,14H,2,7-10,12-13H2,1H3,(H,18,20)/b6-5+. The van der Waals surface area contributed by atoms with E-state index in [1.165, 1.54) is 12.3 Å². The fourth-order valence-corrected chi connectivity index (χ4v) is 4.54. The Kier molecular flexibility index (Phi) is 6.81. The van der Waals surface area contributed by atoms with Crippen LogP contribution in [-0.4, -0.2) is 55.8 Å². The zero-order chi connectivity index (χ0) is 18.3. The SMILES string of the molecule is CCCN(C(=O)CCNC(=O)/C=C/c1ccco1)C1CCS(=O)(=O)C1. The highest BCUT2D eigenvalue weighted by Crippen LogP contribution is 2.18. The van der Waals surface area contributed by atoms with Gasteiger partial charge in [0.2, 0.25) is 11.8 Å². The van der Waals surface area contributed by atoms with Crippen LogP contribution in [0.25, 0.3) is 6.08 Å². The van der Waals surface area contributed by atoms with E-state index in [-0.39, 0.29) is 42.3 Å². The lowest BCUT2D eigenvalue weighted by Crippen LogP contribution is -2.42. The summed E-state index contributed by atoms with van der Waals surface area (Å²) < 4.78 is 28.4. The van der Waals surface area contributed by atoms with E-state index < -0.39 is 9.84 Å². The van der Waals surface area contributed by atoms with Crippen molar-refractivity contribution in [1.29, 1.82) is 0 Å². The van der Waals surface area contributed by atoms with Crippen molar-refractivity contribution in [2.75, 3.05) is 24.6 Å². The summed E-state index contributed by atoms with van der Waals surface area (Å²) in [6, 6.07) is 3.21. The van der Waals surface area contributed by atoms with E-state index in [0.29, 0.717) is 18.7 Å². The third-order valence-electron chi connectivity index (χ3n) is 4.01. The lowest BCUT2D eigenvalue weighted by atomic mass is 10.2. The molecular weight excluding hydrogens is 344 g/mol. The Bertz CT molecular complexity index is 709. The van der Waals surface area contributed by atoms with Crippen LogP contribution in [0, 0.1) is 0 Å². The first-order valence-corrected chi connectivity index (χ1v) is 10.2. The van der Waals surface area contributed by atoms with Crippen molar-refractivity contribution in [3.63, 3.8) is 0 Å². The van der Waals surface area contributed by atoms with E-state index in [2.05, 4.69) is 5.32 Å². The highest BCUT2D eigenvalue weighted by molar-refractivity contribution is 7.91. The van der Waals surface area contributed by atoms with Gasteiger partial charge < -0.3 is 14.6 Å². The molecule has 2 rings (SSSR count). The quantitative estimate of drug-likeness (QED) is 0.696. The maximum absolute atomic E-state index is 12.4. The first kappa shape index (κ1) is 19.2. The van der Waals surface area contributed by atoms with Crippen molar-refractivity contribution in [2.24, 2.45) is 0 Å². The molecule has 0 aromatic carbocycles. The van der Waals surface area contributed by atoms with Crippen LogP contribution in [0.4, 0.5) is 0 Å². The highest BCUT2D eigenvalue weighted by Gasteiger charge is 2.33. The van der Waals surface area contributed by atoms with Gasteiger partial charge in [-0.15, -0.1) is 0 Å². The molecule has 2 amide bonds. The molecule has 1 aromatic heterocycles. The first-order chi connectivity index (χ1) is 11.9. The molecule has 1 aromatic rings. The van der Waals surface area contributed by atoms with Gasteiger partial charge >= 0.3 is 0 Å². The van der Waals surface area contributed by atoms with E-state index in [1.54, 1.807) is 23.1 Å². The van der Waals surface area contributed by atoms with Crippen LogP contribution in [0.3, 0.4) is 0 Å². The topological polar surface area (TPSA) is 96.7 Å². The Labute approximate surface area is 148 Å². The van der Waals surface area contributed by atoms with Crippen LogP contribution in [-0.2, 0) is 19.4 Å². The molecule has 1 saturated heterocycles. The molecule has 25 heavy (non-hydrogen) atoms. The molecule has 0 saturated carbocycles.